The second-order valence-corrected chi connectivity index (χ2v) is 7.44. The Balaban J connectivity index is 2.04. The van der Waals surface area contributed by atoms with E-state index in [1.165, 1.54) is 12.0 Å². The van der Waals surface area contributed by atoms with Crippen molar-refractivity contribution in [1.82, 2.24) is 4.90 Å². The van der Waals surface area contributed by atoms with E-state index < -0.39 is 0 Å². The molecule has 0 unspecified atom stereocenters. The van der Waals surface area contributed by atoms with Gasteiger partial charge in [-0.25, -0.2) is 0 Å². The summed E-state index contributed by atoms with van der Waals surface area (Å²) in [6.45, 7) is 10.2. The molecule has 0 radical (unpaired) electrons. The van der Waals surface area contributed by atoms with Crippen LogP contribution in [-0.2, 0) is 0 Å². The third-order valence-corrected chi connectivity index (χ3v) is 5.00. The van der Waals surface area contributed by atoms with Gasteiger partial charge in [-0.2, -0.15) is 0 Å². The fraction of sp³-hybridized carbons (Fsp3) is 0.478. The van der Waals surface area contributed by atoms with Crippen LogP contribution in [0.15, 0.2) is 54.6 Å². The van der Waals surface area contributed by atoms with Crippen molar-refractivity contribution in [1.29, 1.82) is 0 Å². The average Bonchev–Trinajstić information content (AvgIpc) is 2.59. The van der Waals surface area contributed by atoms with Crippen LogP contribution in [0.5, 0.6) is 5.75 Å². The van der Waals surface area contributed by atoms with E-state index in [-0.39, 0.29) is 5.92 Å². The van der Waals surface area contributed by atoms with Gasteiger partial charge in [-0.15, -0.1) is 0 Å². The molecule has 136 valence electrons. The molecule has 1 N–H and O–H groups in total. The average molecular weight is 340 g/mol. The number of hydrogen-bond acceptors (Lipinski definition) is 2. The maximum Gasteiger partial charge on any atom is 0.119 e. The van der Waals surface area contributed by atoms with Gasteiger partial charge in [-0.3, -0.25) is 4.90 Å². The monoisotopic (exact) mass is 339 g/mol. The smallest absolute Gasteiger partial charge is 0.119 e. The molecule has 0 heterocycles. The normalized spacial score (nSPS) is 12.9. The second-order valence-electron chi connectivity index (χ2n) is 7.44. The number of unbranched alkanes of at least 4 members (excludes halogenated alkanes) is 1. The lowest BCUT2D eigenvalue weighted by Gasteiger charge is -2.30. The lowest BCUT2D eigenvalue weighted by atomic mass is 9.86. The van der Waals surface area contributed by atoms with E-state index in [1.807, 2.05) is 12.1 Å². The molecule has 0 aliphatic rings. The highest BCUT2D eigenvalue weighted by Gasteiger charge is 2.18. The van der Waals surface area contributed by atoms with Crippen LogP contribution in [0.2, 0.25) is 0 Å². The number of benzene rings is 2. The van der Waals surface area contributed by atoms with Crippen LogP contribution in [0, 0.1) is 0 Å². The summed E-state index contributed by atoms with van der Waals surface area (Å²) in [6, 6.07) is 19.5. The van der Waals surface area contributed by atoms with E-state index >= 15 is 0 Å². The Kier molecular flexibility index (Phi) is 7.52. The number of aromatic hydroxyl groups is 1. The van der Waals surface area contributed by atoms with Gasteiger partial charge in [0.1, 0.15) is 5.75 Å². The van der Waals surface area contributed by atoms with Crippen molar-refractivity contribution in [3.63, 3.8) is 0 Å². The Morgan fingerprint density at radius 1 is 0.800 bits per heavy atom. The van der Waals surface area contributed by atoms with Gasteiger partial charge >= 0.3 is 0 Å². The Bertz CT molecular complexity index is 613. The summed E-state index contributed by atoms with van der Waals surface area (Å²) in [5.41, 5.74) is 2.33. The van der Waals surface area contributed by atoms with Gasteiger partial charge in [0.25, 0.3) is 0 Å². The Hall–Kier alpha value is -1.80. The minimum atomic E-state index is 0.258. The highest BCUT2D eigenvalue weighted by molar-refractivity contribution is 5.41. The Morgan fingerprint density at radius 2 is 1.40 bits per heavy atom. The molecule has 0 aromatic heterocycles. The van der Waals surface area contributed by atoms with E-state index in [0.29, 0.717) is 17.8 Å². The summed E-state index contributed by atoms with van der Waals surface area (Å²) < 4.78 is 0. The molecule has 2 rings (SSSR count). The van der Waals surface area contributed by atoms with Gasteiger partial charge in [0.15, 0.2) is 0 Å². The van der Waals surface area contributed by atoms with Crippen LogP contribution in [0.4, 0.5) is 0 Å². The van der Waals surface area contributed by atoms with Crippen LogP contribution < -0.4 is 0 Å². The molecule has 1 atom stereocenters. The Labute approximate surface area is 153 Å². The molecule has 0 saturated heterocycles. The SMILES string of the molecule is CC(C)N(CCCC[C@H](c1ccccc1)c1ccccc1O)C(C)C. The molecule has 0 bridgehead atoms. The molecule has 0 fully saturated rings. The van der Waals surface area contributed by atoms with Gasteiger partial charge in [-0.1, -0.05) is 55.0 Å². The predicted octanol–water partition coefficient (Wildman–Crippen LogP) is 5.81. The summed E-state index contributed by atoms with van der Waals surface area (Å²) in [5.74, 6) is 0.663. The number of para-hydroxylation sites is 1. The summed E-state index contributed by atoms with van der Waals surface area (Å²) in [6.07, 6.45) is 3.41. The number of nitrogens with zero attached hydrogens (tertiary/aromatic N) is 1. The van der Waals surface area contributed by atoms with Gasteiger partial charge in [0, 0.05) is 23.6 Å². The molecular formula is C23H33NO. The molecule has 0 spiro atoms. The molecule has 0 saturated carbocycles. The van der Waals surface area contributed by atoms with Crippen LogP contribution in [0.25, 0.3) is 0 Å². The molecule has 0 amide bonds. The van der Waals surface area contributed by atoms with Crippen molar-refractivity contribution in [3.8, 4) is 5.75 Å². The first-order chi connectivity index (χ1) is 12.0. The van der Waals surface area contributed by atoms with Crippen molar-refractivity contribution < 1.29 is 5.11 Å². The third kappa shape index (κ3) is 5.61. The van der Waals surface area contributed by atoms with Crippen molar-refractivity contribution >= 4 is 0 Å². The zero-order chi connectivity index (χ0) is 18.2. The summed E-state index contributed by atoms with van der Waals surface area (Å²) in [7, 11) is 0. The zero-order valence-corrected chi connectivity index (χ0v) is 16.2. The minimum absolute atomic E-state index is 0.258. The van der Waals surface area contributed by atoms with Crippen molar-refractivity contribution in [2.24, 2.45) is 0 Å². The quantitative estimate of drug-likeness (QED) is 0.582. The molecular weight excluding hydrogens is 306 g/mol. The summed E-state index contributed by atoms with van der Waals surface area (Å²) >= 11 is 0. The van der Waals surface area contributed by atoms with Gasteiger partial charge in [0.2, 0.25) is 0 Å². The number of phenolic OH excluding ortho intramolecular Hbond substituents is 1. The molecule has 2 aromatic carbocycles. The number of rotatable bonds is 9. The maximum absolute atomic E-state index is 10.3. The lowest BCUT2D eigenvalue weighted by Crippen LogP contribution is -2.37. The van der Waals surface area contributed by atoms with E-state index in [4.69, 9.17) is 0 Å². The standard InChI is InChI=1S/C23H33NO/c1-18(2)24(19(3)4)17-11-10-14-21(20-12-6-5-7-13-20)22-15-8-9-16-23(22)25/h5-9,12-13,15-16,18-19,21,25H,10-11,14,17H2,1-4H3/t21-/m1/s1. The third-order valence-electron chi connectivity index (χ3n) is 5.00. The number of phenols is 1. The largest absolute Gasteiger partial charge is 0.508 e. The molecule has 25 heavy (non-hydrogen) atoms. The second kappa shape index (κ2) is 9.62. The first-order valence-electron chi connectivity index (χ1n) is 9.59. The summed E-state index contributed by atoms with van der Waals surface area (Å²) in [4.78, 5) is 2.55. The van der Waals surface area contributed by atoms with E-state index in [0.717, 1.165) is 24.9 Å². The van der Waals surface area contributed by atoms with E-state index in [1.54, 1.807) is 6.07 Å². The summed E-state index contributed by atoms with van der Waals surface area (Å²) in [5, 5.41) is 10.3. The molecule has 0 aliphatic heterocycles. The fourth-order valence-corrected chi connectivity index (χ4v) is 3.72. The lowest BCUT2D eigenvalue weighted by molar-refractivity contribution is 0.171. The topological polar surface area (TPSA) is 23.5 Å². The molecule has 2 nitrogen and oxygen atoms in total. The highest BCUT2D eigenvalue weighted by atomic mass is 16.3. The predicted molar refractivity (Wildman–Crippen MR) is 107 cm³/mol. The van der Waals surface area contributed by atoms with Crippen LogP contribution in [-0.4, -0.2) is 28.6 Å². The van der Waals surface area contributed by atoms with Crippen LogP contribution in [0.1, 0.15) is 64.0 Å². The van der Waals surface area contributed by atoms with E-state index in [9.17, 15) is 5.11 Å². The molecule has 2 aromatic rings. The van der Waals surface area contributed by atoms with Crippen molar-refractivity contribution in [3.05, 3.63) is 65.7 Å². The van der Waals surface area contributed by atoms with Gasteiger partial charge in [-0.05, 0) is 58.7 Å². The number of hydrogen-bond donors (Lipinski definition) is 1. The molecule has 2 heteroatoms. The van der Waals surface area contributed by atoms with Crippen molar-refractivity contribution in [2.75, 3.05) is 6.54 Å². The van der Waals surface area contributed by atoms with Gasteiger partial charge < -0.3 is 5.11 Å². The van der Waals surface area contributed by atoms with Crippen LogP contribution >= 0.6 is 0 Å². The van der Waals surface area contributed by atoms with Crippen LogP contribution in [0.3, 0.4) is 0 Å². The highest BCUT2D eigenvalue weighted by Crippen LogP contribution is 2.34. The zero-order valence-electron chi connectivity index (χ0n) is 16.2. The fourth-order valence-electron chi connectivity index (χ4n) is 3.72. The van der Waals surface area contributed by atoms with E-state index in [2.05, 4.69) is 69.0 Å². The molecule has 0 aliphatic carbocycles. The minimum Gasteiger partial charge on any atom is -0.508 e. The first-order valence-corrected chi connectivity index (χ1v) is 9.59. The van der Waals surface area contributed by atoms with Crippen molar-refractivity contribution in [2.45, 2.75) is 65.0 Å². The van der Waals surface area contributed by atoms with Gasteiger partial charge in [0.05, 0.1) is 0 Å². The maximum atomic E-state index is 10.3. The first kappa shape index (κ1) is 19.5. The Morgan fingerprint density at radius 3 is 2.00 bits per heavy atom.